The van der Waals surface area contributed by atoms with Gasteiger partial charge >= 0.3 is 0 Å². The number of nitrogens with zero attached hydrogens (tertiary/aromatic N) is 3. The van der Waals surface area contributed by atoms with Crippen LogP contribution in [0.4, 0.5) is 5.69 Å². The molecule has 1 heterocycles. The van der Waals surface area contributed by atoms with Gasteiger partial charge in [-0.3, -0.25) is 10.1 Å². The molecule has 2 rings (SSSR count). The van der Waals surface area contributed by atoms with E-state index in [-0.39, 0.29) is 5.69 Å². The normalized spacial score (nSPS) is 10.9. The number of rotatable bonds is 3. The third-order valence-corrected chi connectivity index (χ3v) is 2.39. The molecule has 2 aromatic rings. The summed E-state index contributed by atoms with van der Waals surface area (Å²) in [5.74, 6) is 0.836. The second-order valence-electron chi connectivity index (χ2n) is 3.58. The summed E-state index contributed by atoms with van der Waals surface area (Å²) in [5, 5.41) is 10.5. The molecule has 0 unspecified atom stereocenters. The molecule has 0 N–H and O–H groups in total. The number of benzene rings is 1. The molecule has 5 heteroatoms. The van der Waals surface area contributed by atoms with Crippen LogP contribution in [0.15, 0.2) is 36.7 Å². The summed E-state index contributed by atoms with van der Waals surface area (Å²) in [6.45, 7) is 0. The Bertz CT molecular complexity index is 555. The smallest absolute Gasteiger partial charge is 0.269 e. The highest BCUT2D eigenvalue weighted by Gasteiger charge is 2.02. The summed E-state index contributed by atoms with van der Waals surface area (Å²) < 4.78 is 1.89. The lowest BCUT2D eigenvalue weighted by Crippen LogP contribution is -1.89. The van der Waals surface area contributed by atoms with Gasteiger partial charge in [0.25, 0.3) is 5.69 Å². The van der Waals surface area contributed by atoms with E-state index < -0.39 is 4.92 Å². The molecule has 1 aromatic carbocycles. The Labute approximate surface area is 98.2 Å². The Morgan fingerprint density at radius 1 is 1.29 bits per heavy atom. The van der Waals surface area contributed by atoms with Gasteiger partial charge in [-0.2, -0.15) is 0 Å². The summed E-state index contributed by atoms with van der Waals surface area (Å²) >= 11 is 0. The van der Waals surface area contributed by atoms with E-state index in [0.29, 0.717) is 0 Å². The predicted molar refractivity (Wildman–Crippen MR) is 65.2 cm³/mol. The molecule has 5 nitrogen and oxygen atoms in total. The van der Waals surface area contributed by atoms with E-state index in [1.165, 1.54) is 12.1 Å². The summed E-state index contributed by atoms with van der Waals surface area (Å²) in [6, 6.07) is 6.38. The number of imidazole rings is 1. The van der Waals surface area contributed by atoms with Crippen LogP contribution in [0.1, 0.15) is 11.4 Å². The molecule has 0 saturated heterocycles. The summed E-state index contributed by atoms with van der Waals surface area (Å²) in [4.78, 5) is 14.2. The van der Waals surface area contributed by atoms with Crippen LogP contribution in [0, 0.1) is 10.1 Å². The minimum absolute atomic E-state index is 0.0964. The van der Waals surface area contributed by atoms with Gasteiger partial charge in [0.2, 0.25) is 0 Å². The van der Waals surface area contributed by atoms with E-state index >= 15 is 0 Å². The van der Waals surface area contributed by atoms with Crippen molar-refractivity contribution in [1.82, 2.24) is 9.55 Å². The number of hydrogen-bond donors (Lipinski definition) is 0. The molecule has 0 aliphatic heterocycles. The zero-order valence-corrected chi connectivity index (χ0v) is 9.28. The second-order valence-corrected chi connectivity index (χ2v) is 3.58. The van der Waals surface area contributed by atoms with Crippen LogP contribution < -0.4 is 0 Å². The average Bonchev–Trinajstić information content (AvgIpc) is 2.73. The van der Waals surface area contributed by atoms with Gasteiger partial charge in [-0.15, -0.1) is 0 Å². The third kappa shape index (κ3) is 2.57. The number of hydrogen-bond acceptors (Lipinski definition) is 3. The fourth-order valence-corrected chi connectivity index (χ4v) is 1.42. The maximum absolute atomic E-state index is 10.5. The lowest BCUT2D eigenvalue weighted by molar-refractivity contribution is -0.384. The highest BCUT2D eigenvalue weighted by molar-refractivity contribution is 5.67. The Hall–Kier alpha value is -2.43. The highest BCUT2D eigenvalue weighted by Crippen LogP contribution is 2.13. The van der Waals surface area contributed by atoms with Gasteiger partial charge < -0.3 is 4.57 Å². The second kappa shape index (κ2) is 4.61. The monoisotopic (exact) mass is 229 g/mol. The average molecular weight is 229 g/mol. The molecule has 0 spiro atoms. The van der Waals surface area contributed by atoms with Gasteiger partial charge in [0.15, 0.2) is 0 Å². The van der Waals surface area contributed by atoms with Gasteiger partial charge in [-0.1, -0.05) is 6.08 Å². The first-order valence-corrected chi connectivity index (χ1v) is 5.06. The molecule has 0 saturated carbocycles. The standard InChI is InChI=1S/C12H11N3O2/c1-14-9-8-13-12(14)7-4-10-2-5-11(6-3-10)15(16)17/h2-9H,1H3/b7-4+. The quantitative estimate of drug-likeness (QED) is 0.600. The molecule has 1 aromatic heterocycles. The molecule has 0 radical (unpaired) electrons. The molecule has 0 aliphatic rings. The number of aromatic nitrogens is 2. The molecule has 0 amide bonds. The summed E-state index contributed by atoms with van der Waals surface area (Å²) in [6.07, 6.45) is 7.30. The maximum Gasteiger partial charge on any atom is 0.269 e. The fraction of sp³-hybridized carbons (Fsp3) is 0.0833. The lowest BCUT2D eigenvalue weighted by Gasteiger charge is -1.95. The molecular formula is C12H11N3O2. The molecule has 0 aliphatic carbocycles. The first-order valence-electron chi connectivity index (χ1n) is 5.06. The first kappa shape index (κ1) is 11.1. The van der Waals surface area contributed by atoms with E-state index in [9.17, 15) is 10.1 Å². The van der Waals surface area contributed by atoms with E-state index in [1.54, 1.807) is 18.3 Å². The van der Waals surface area contributed by atoms with Gasteiger partial charge in [-0.05, 0) is 23.8 Å². The van der Waals surface area contributed by atoms with Crippen molar-refractivity contribution in [1.29, 1.82) is 0 Å². The van der Waals surface area contributed by atoms with Crippen molar-refractivity contribution in [3.63, 3.8) is 0 Å². The van der Waals surface area contributed by atoms with E-state index in [0.717, 1.165) is 11.4 Å². The molecular weight excluding hydrogens is 218 g/mol. The van der Waals surface area contributed by atoms with Crippen molar-refractivity contribution in [2.24, 2.45) is 7.05 Å². The molecule has 86 valence electrons. The molecule has 0 bridgehead atoms. The van der Waals surface area contributed by atoms with Crippen molar-refractivity contribution in [3.8, 4) is 0 Å². The minimum Gasteiger partial charge on any atom is -0.335 e. The van der Waals surface area contributed by atoms with Crippen molar-refractivity contribution in [2.75, 3.05) is 0 Å². The Balaban J connectivity index is 2.17. The zero-order valence-electron chi connectivity index (χ0n) is 9.28. The van der Waals surface area contributed by atoms with Crippen molar-refractivity contribution in [3.05, 3.63) is 58.2 Å². The number of nitro groups is 1. The third-order valence-electron chi connectivity index (χ3n) is 2.39. The van der Waals surface area contributed by atoms with Crippen LogP contribution in [0.25, 0.3) is 12.2 Å². The Morgan fingerprint density at radius 2 is 2.00 bits per heavy atom. The van der Waals surface area contributed by atoms with Crippen LogP contribution in [-0.2, 0) is 7.05 Å². The van der Waals surface area contributed by atoms with Gasteiger partial charge in [0.05, 0.1) is 4.92 Å². The molecule has 0 fully saturated rings. The van der Waals surface area contributed by atoms with E-state index in [2.05, 4.69) is 4.98 Å². The maximum atomic E-state index is 10.5. The van der Waals surface area contributed by atoms with E-state index in [4.69, 9.17) is 0 Å². The Morgan fingerprint density at radius 3 is 2.53 bits per heavy atom. The SMILES string of the molecule is Cn1ccnc1/C=C/c1ccc([N+](=O)[O-])cc1. The summed E-state index contributed by atoms with van der Waals surface area (Å²) in [7, 11) is 1.91. The van der Waals surface area contributed by atoms with Crippen molar-refractivity contribution in [2.45, 2.75) is 0 Å². The number of non-ortho nitro benzene ring substituents is 1. The minimum atomic E-state index is -0.410. The molecule has 17 heavy (non-hydrogen) atoms. The van der Waals surface area contributed by atoms with Crippen LogP contribution in [0.3, 0.4) is 0 Å². The van der Waals surface area contributed by atoms with Gasteiger partial charge in [-0.25, -0.2) is 4.98 Å². The largest absolute Gasteiger partial charge is 0.335 e. The lowest BCUT2D eigenvalue weighted by atomic mass is 10.2. The number of nitro benzene ring substituents is 1. The molecule has 0 atom stereocenters. The predicted octanol–water partition coefficient (Wildman–Crippen LogP) is 2.50. The van der Waals surface area contributed by atoms with E-state index in [1.807, 2.05) is 30.0 Å². The van der Waals surface area contributed by atoms with Crippen molar-refractivity contribution < 1.29 is 4.92 Å². The number of aryl methyl sites for hydroxylation is 1. The van der Waals surface area contributed by atoms with Crippen LogP contribution in [0.5, 0.6) is 0 Å². The van der Waals surface area contributed by atoms with Crippen LogP contribution in [-0.4, -0.2) is 14.5 Å². The van der Waals surface area contributed by atoms with Crippen LogP contribution in [0.2, 0.25) is 0 Å². The first-order chi connectivity index (χ1) is 8.16. The van der Waals surface area contributed by atoms with Gasteiger partial charge in [0, 0.05) is 31.6 Å². The fourth-order valence-electron chi connectivity index (χ4n) is 1.42. The zero-order chi connectivity index (χ0) is 12.3. The topological polar surface area (TPSA) is 61.0 Å². The Kier molecular flexibility index (Phi) is 3.00. The van der Waals surface area contributed by atoms with Gasteiger partial charge in [0.1, 0.15) is 5.82 Å². The van der Waals surface area contributed by atoms with Crippen LogP contribution >= 0.6 is 0 Å². The highest BCUT2D eigenvalue weighted by atomic mass is 16.6. The van der Waals surface area contributed by atoms with Crippen molar-refractivity contribution >= 4 is 17.8 Å². The summed E-state index contributed by atoms with van der Waals surface area (Å²) in [5.41, 5.74) is 0.998.